The first-order valence-corrected chi connectivity index (χ1v) is 8.11. The van der Waals surface area contributed by atoms with Gasteiger partial charge in [-0.3, -0.25) is 4.90 Å². The lowest BCUT2D eigenvalue weighted by Crippen LogP contribution is -2.42. The number of hydrogen-bond acceptors (Lipinski definition) is 4. The molecule has 0 saturated carbocycles. The average Bonchev–Trinajstić information content (AvgIpc) is 2.49. The number of carbonyl (C=O) groups is 2. The van der Waals surface area contributed by atoms with Gasteiger partial charge in [-0.25, -0.2) is 9.59 Å². The van der Waals surface area contributed by atoms with E-state index in [1.807, 2.05) is 36.6 Å². The first-order valence-electron chi connectivity index (χ1n) is 6.71. The molecule has 1 aromatic rings. The zero-order chi connectivity index (χ0) is 15.7. The monoisotopic (exact) mass is 311 g/mol. The van der Waals surface area contributed by atoms with Gasteiger partial charge in [0, 0.05) is 7.05 Å². The van der Waals surface area contributed by atoms with Gasteiger partial charge in [-0.05, 0) is 30.4 Å². The number of carbonyl (C=O) groups excluding carboxylic acids is 1. The largest absolute Gasteiger partial charge is 0.480 e. The molecule has 0 aliphatic heterocycles. The molecule has 1 rings (SSSR count). The van der Waals surface area contributed by atoms with Crippen molar-refractivity contribution in [3.8, 4) is 0 Å². The second kappa shape index (κ2) is 9.28. The van der Waals surface area contributed by atoms with Crippen molar-refractivity contribution in [2.24, 2.45) is 0 Å². The first-order chi connectivity index (χ1) is 10.1. The smallest absolute Gasteiger partial charge is 0.410 e. The molecule has 21 heavy (non-hydrogen) atoms. The van der Waals surface area contributed by atoms with Gasteiger partial charge in [0.1, 0.15) is 12.6 Å². The summed E-state index contributed by atoms with van der Waals surface area (Å²) >= 11 is 1.66. The SMILES string of the molecule is CSCCCC(C(=O)O)N(C)C(=O)OCc1ccccc1. The Balaban J connectivity index is 2.51. The first kappa shape index (κ1) is 17.4. The van der Waals surface area contributed by atoms with E-state index in [4.69, 9.17) is 4.74 Å². The van der Waals surface area contributed by atoms with Gasteiger partial charge in [-0.2, -0.15) is 11.8 Å². The molecular weight excluding hydrogens is 290 g/mol. The zero-order valence-electron chi connectivity index (χ0n) is 12.3. The second-order valence-electron chi connectivity index (χ2n) is 4.64. The molecule has 116 valence electrons. The summed E-state index contributed by atoms with van der Waals surface area (Å²) < 4.78 is 5.15. The van der Waals surface area contributed by atoms with Crippen molar-refractivity contribution in [1.29, 1.82) is 0 Å². The molecule has 5 nitrogen and oxygen atoms in total. The van der Waals surface area contributed by atoms with Crippen molar-refractivity contribution < 1.29 is 19.4 Å². The number of thioether (sulfide) groups is 1. The van der Waals surface area contributed by atoms with E-state index in [0.29, 0.717) is 6.42 Å². The van der Waals surface area contributed by atoms with Crippen LogP contribution < -0.4 is 0 Å². The third-order valence-corrected chi connectivity index (χ3v) is 3.77. The molecule has 0 radical (unpaired) electrons. The van der Waals surface area contributed by atoms with Crippen LogP contribution in [-0.4, -0.2) is 47.2 Å². The third-order valence-electron chi connectivity index (χ3n) is 3.07. The molecule has 6 heteroatoms. The molecule has 1 aromatic carbocycles. The molecule has 0 aliphatic rings. The predicted octanol–water partition coefficient (Wildman–Crippen LogP) is 2.85. The van der Waals surface area contributed by atoms with E-state index in [9.17, 15) is 14.7 Å². The summed E-state index contributed by atoms with van der Waals surface area (Å²) in [6.07, 6.45) is 2.52. The Hall–Kier alpha value is -1.69. The molecule has 0 fully saturated rings. The van der Waals surface area contributed by atoms with Crippen LogP contribution in [0, 0.1) is 0 Å². The van der Waals surface area contributed by atoms with Crippen LogP contribution in [0.2, 0.25) is 0 Å². The molecule has 0 aliphatic carbocycles. The van der Waals surface area contributed by atoms with Gasteiger partial charge in [0.05, 0.1) is 0 Å². The molecular formula is C15H21NO4S. The minimum absolute atomic E-state index is 0.140. The number of nitrogens with zero attached hydrogens (tertiary/aromatic N) is 1. The van der Waals surface area contributed by atoms with Gasteiger partial charge in [-0.1, -0.05) is 30.3 Å². The Morgan fingerprint density at radius 1 is 1.33 bits per heavy atom. The standard InChI is InChI=1S/C15H21NO4S/c1-16(13(14(17)18)9-6-10-21-2)15(19)20-11-12-7-4-3-5-8-12/h3-5,7-8,13H,6,9-11H2,1-2H3,(H,17,18). The highest BCUT2D eigenvalue weighted by molar-refractivity contribution is 7.98. The van der Waals surface area contributed by atoms with Crippen LogP contribution in [0.4, 0.5) is 4.79 Å². The number of carboxylic acids is 1. The maximum absolute atomic E-state index is 11.9. The highest BCUT2D eigenvalue weighted by Crippen LogP contribution is 2.11. The summed E-state index contributed by atoms with van der Waals surface area (Å²) in [6, 6.07) is 8.44. The Labute approximate surface area is 129 Å². The lowest BCUT2D eigenvalue weighted by molar-refractivity contribution is -0.142. The van der Waals surface area contributed by atoms with Crippen molar-refractivity contribution in [2.45, 2.75) is 25.5 Å². The molecule has 1 amide bonds. The number of benzene rings is 1. The lowest BCUT2D eigenvalue weighted by Gasteiger charge is -2.24. The van der Waals surface area contributed by atoms with Gasteiger partial charge in [0.25, 0.3) is 0 Å². The topological polar surface area (TPSA) is 66.8 Å². The minimum atomic E-state index is -1.00. The van der Waals surface area contributed by atoms with E-state index in [2.05, 4.69) is 0 Å². The normalized spacial score (nSPS) is 11.7. The molecule has 0 spiro atoms. The number of rotatable bonds is 8. The number of ether oxygens (including phenoxy) is 1. The summed E-state index contributed by atoms with van der Waals surface area (Å²) in [4.78, 5) is 24.3. The van der Waals surface area contributed by atoms with Crippen LogP contribution >= 0.6 is 11.8 Å². The Morgan fingerprint density at radius 3 is 2.57 bits per heavy atom. The zero-order valence-corrected chi connectivity index (χ0v) is 13.1. The summed E-state index contributed by atoms with van der Waals surface area (Å²) in [6.45, 7) is 0.140. The predicted molar refractivity (Wildman–Crippen MR) is 83.4 cm³/mol. The maximum Gasteiger partial charge on any atom is 0.410 e. The summed E-state index contributed by atoms with van der Waals surface area (Å²) in [5, 5.41) is 9.22. The molecule has 0 saturated heterocycles. The molecule has 0 heterocycles. The van der Waals surface area contributed by atoms with Crippen molar-refractivity contribution >= 4 is 23.8 Å². The number of carboxylic acid groups (broad SMARTS) is 1. The van der Waals surface area contributed by atoms with E-state index in [1.54, 1.807) is 11.8 Å². The average molecular weight is 311 g/mol. The third kappa shape index (κ3) is 6.08. The highest BCUT2D eigenvalue weighted by atomic mass is 32.2. The van der Waals surface area contributed by atoms with E-state index < -0.39 is 18.1 Å². The highest BCUT2D eigenvalue weighted by Gasteiger charge is 2.27. The lowest BCUT2D eigenvalue weighted by atomic mass is 10.1. The van der Waals surface area contributed by atoms with Crippen molar-refractivity contribution in [2.75, 3.05) is 19.1 Å². The summed E-state index contributed by atoms with van der Waals surface area (Å²) in [5.74, 6) is -0.133. The number of likely N-dealkylation sites (N-methyl/N-ethyl adjacent to an activating group) is 1. The molecule has 1 atom stereocenters. The van der Waals surface area contributed by atoms with Crippen LogP contribution in [0.25, 0.3) is 0 Å². The second-order valence-corrected chi connectivity index (χ2v) is 5.63. The maximum atomic E-state index is 11.9. The minimum Gasteiger partial charge on any atom is -0.480 e. The number of aliphatic carboxylic acids is 1. The van der Waals surface area contributed by atoms with Crippen LogP contribution in [0.15, 0.2) is 30.3 Å². The Morgan fingerprint density at radius 2 is 2.00 bits per heavy atom. The van der Waals surface area contributed by atoms with Gasteiger partial charge < -0.3 is 9.84 Å². The summed E-state index contributed by atoms with van der Waals surface area (Å²) in [7, 11) is 1.46. The summed E-state index contributed by atoms with van der Waals surface area (Å²) in [5.41, 5.74) is 0.869. The fourth-order valence-electron chi connectivity index (χ4n) is 1.85. The van der Waals surface area contributed by atoms with E-state index in [0.717, 1.165) is 22.6 Å². The quantitative estimate of drug-likeness (QED) is 0.748. The van der Waals surface area contributed by atoms with Crippen LogP contribution in [0.3, 0.4) is 0 Å². The van der Waals surface area contributed by atoms with Crippen LogP contribution in [-0.2, 0) is 16.1 Å². The fourth-order valence-corrected chi connectivity index (χ4v) is 2.31. The van der Waals surface area contributed by atoms with Crippen molar-refractivity contribution in [3.63, 3.8) is 0 Å². The number of hydrogen-bond donors (Lipinski definition) is 1. The molecule has 1 unspecified atom stereocenters. The van der Waals surface area contributed by atoms with Gasteiger partial charge in [-0.15, -0.1) is 0 Å². The van der Waals surface area contributed by atoms with E-state index >= 15 is 0 Å². The van der Waals surface area contributed by atoms with Crippen LogP contribution in [0.5, 0.6) is 0 Å². The van der Waals surface area contributed by atoms with Crippen molar-refractivity contribution in [3.05, 3.63) is 35.9 Å². The Kier molecular flexibility index (Phi) is 7.68. The van der Waals surface area contributed by atoms with Gasteiger partial charge >= 0.3 is 12.1 Å². The van der Waals surface area contributed by atoms with E-state index in [1.165, 1.54) is 7.05 Å². The molecule has 0 aromatic heterocycles. The number of amides is 1. The molecule has 0 bridgehead atoms. The fraction of sp³-hybridized carbons (Fsp3) is 0.467. The van der Waals surface area contributed by atoms with Gasteiger partial charge in [0.15, 0.2) is 0 Å². The van der Waals surface area contributed by atoms with Gasteiger partial charge in [0.2, 0.25) is 0 Å². The Bertz CT molecular complexity index is 452. The van der Waals surface area contributed by atoms with Crippen LogP contribution in [0.1, 0.15) is 18.4 Å². The van der Waals surface area contributed by atoms with Crippen molar-refractivity contribution in [1.82, 2.24) is 4.90 Å². The molecule has 1 N–H and O–H groups in total. The van der Waals surface area contributed by atoms with E-state index in [-0.39, 0.29) is 6.61 Å².